The van der Waals surface area contributed by atoms with Crippen molar-refractivity contribution in [2.45, 2.75) is 31.6 Å². The van der Waals surface area contributed by atoms with Gasteiger partial charge in [0.05, 0.1) is 13.2 Å². The molecule has 19 heavy (non-hydrogen) atoms. The highest BCUT2D eigenvalue weighted by atomic mass is 32.2. The van der Waals surface area contributed by atoms with E-state index in [1.54, 1.807) is 11.8 Å². The number of nitrogen functional groups attached to an aromatic ring is 1. The first-order valence-corrected chi connectivity index (χ1v) is 7.44. The molecule has 0 saturated heterocycles. The van der Waals surface area contributed by atoms with Crippen molar-refractivity contribution < 1.29 is 9.84 Å². The largest absolute Gasteiger partial charge is 0.463 e. The predicted molar refractivity (Wildman–Crippen MR) is 77.5 cm³/mol. The lowest BCUT2D eigenvalue weighted by molar-refractivity contribution is 0.287. The van der Waals surface area contributed by atoms with Gasteiger partial charge in [-0.25, -0.2) is 0 Å². The van der Waals surface area contributed by atoms with Crippen LogP contribution in [0.3, 0.4) is 0 Å². The van der Waals surface area contributed by atoms with Crippen molar-refractivity contribution in [1.82, 2.24) is 15.0 Å². The third kappa shape index (κ3) is 5.07. The Kier molecular flexibility index (Phi) is 6.65. The predicted octanol–water partition coefficient (Wildman–Crippen LogP) is 0.767. The lowest BCUT2D eigenvalue weighted by Crippen LogP contribution is -2.31. The average Bonchev–Trinajstić information content (AvgIpc) is 2.37. The van der Waals surface area contributed by atoms with E-state index in [2.05, 4.69) is 20.3 Å². The Morgan fingerprint density at radius 1 is 1.42 bits per heavy atom. The van der Waals surface area contributed by atoms with Crippen molar-refractivity contribution in [3.8, 4) is 6.01 Å². The minimum Gasteiger partial charge on any atom is -0.463 e. The van der Waals surface area contributed by atoms with Gasteiger partial charge in [-0.1, -0.05) is 6.92 Å². The van der Waals surface area contributed by atoms with Crippen LogP contribution in [-0.2, 0) is 0 Å². The summed E-state index contributed by atoms with van der Waals surface area (Å²) in [6.45, 7) is 4.55. The number of hydrogen-bond donors (Lipinski definition) is 3. The van der Waals surface area contributed by atoms with E-state index < -0.39 is 0 Å². The molecule has 0 radical (unpaired) electrons. The molecule has 8 heteroatoms. The molecular formula is C11H21N5O2S. The van der Waals surface area contributed by atoms with E-state index in [1.807, 2.05) is 20.1 Å². The normalized spacial score (nSPS) is 13.9. The van der Waals surface area contributed by atoms with Gasteiger partial charge < -0.3 is 20.9 Å². The fraction of sp³-hybridized carbons (Fsp3) is 0.727. The van der Waals surface area contributed by atoms with Gasteiger partial charge in [-0.15, -0.1) is 0 Å². The van der Waals surface area contributed by atoms with Crippen LogP contribution >= 0.6 is 11.8 Å². The highest BCUT2D eigenvalue weighted by Gasteiger charge is 2.17. The third-order valence-corrected chi connectivity index (χ3v) is 3.63. The van der Waals surface area contributed by atoms with E-state index in [4.69, 9.17) is 10.5 Å². The van der Waals surface area contributed by atoms with Crippen molar-refractivity contribution in [1.29, 1.82) is 0 Å². The molecule has 1 heterocycles. The van der Waals surface area contributed by atoms with E-state index >= 15 is 0 Å². The van der Waals surface area contributed by atoms with Crippen LogP contribution in [0.5, 0.6) is 6.01 Å². The number of nitrogens with zero attached hydrogens (tertiary/aromatic N) is 3. The average molecular weight is 287 g/mol. The second kappa shape index (κ2) is 8.00. The monoisotopic (exact) mass is 287 g/mol. The number of nitrogens with one attached hydrogen (secondary N) is 1. The van der Waals surface area contributed by atoms with Crippen molar-refractivity contribution >= 4 is 23.7 Å². The first-order valence-electron chi connectivity index (χ1n) is 6.15. The first kappa shape index (κ1) is 15.8. The van der Waals surface area contributed by atoms with Crippen LogP contribution in [0.2, 0.25) is 0 Å². The van der Waals surface area contributed by atoms with Gasteiger partial charge in [-0.2, -0.15) is 26.7 Å². The summed E-state index contributed by atoms with van der Waals surface area (Å²) in [4.78, 5) is 12.0. The molecule has 1 aromatic heterocycles. The van der Waals surface area contributed by atoms with Crippen LogP contribution in [0.15, 0.2) is 0 Å². The van der Waals surface area contributed by atoms with E-state index in [1.165, 1.54) is 0 Å². The summed E-state index contributed by atoms with van der Waals surface area (Å²) >= 11 is 1.57. The zero-order valence-electron chi connectivity index (χ0n) is 11.5. The van der Waals surface area contributed by atoms with Gasteiger partial charge in [-0.3, -0.25) is 0 Å². The van der Waals surface area contributed by atoms with Crippen LogP contribution < -0.4 is 15.8 Å². The smallest absolute Gasteiger partial charge is 0.323 e. The van der Waals surface area contributed by atoms with Crippen LogP contribution in [-0.4, -0.2) is 50.8 Å². The lowest BCUT2D eigenvalue weighted by Gasteiger charge is -2.21. The summed E-state index contributed by atoms with van der Waals surface area (Å²) in [6, 6.07) is 0.217. The molecule has 0 aliphatic carbocycles. The van der Waals surface area contributed by atoms with Crippen molar-refractivity contribution in [2.75, 3.05) is 30.5 Å². The topological polar surface area (TPSA) is 106 Å². The molecule has 0 aliphatic rings. The van der Waals surface area contributed by atoms with E-state index in [-0.39, 0.29) is 29.9 Å². The highest BCUT2D eigenvalue weighted by molar-refractivity contribution is 7.99. The number of aromatic nitrogens is 3. The summed E-state index contributed by atoms with van der Waals surface area (Å²) in [6.07, 6.45) is 2.81. The fourth-order valence-corrected chi connectivity index (χ4v) is 2.05. The SMILES string of the molecule is CCCOc1nc(N)nc(NC(C)C(CO)SC)n1. The minimum absolute atomic E-state index is 0.000764. The number of hydrogen-bond acceptors (Lipinski definition) is 8. The molecule has 7 nitrogen and oxygen atoms in total. The van der Waals surface area contributed by atoms with Gasteiger partial charge in [0.25, 0.3) is 0 Å². The molecule has 0 saturated carbocycles. The maximum Gasteiger partial charge on any atom is 0.323 e. The number of nitrogens with two attached hydrogens (primary N) is 1. The summed E-state index contributed by atoms with van der Waals surface area (Å²) < 4.78 is 5.33. The maximum atomic E-state index is 9.24. The van der Waals surface area contributed by atoms with E-state index in [0.29, 0.717) is 12.6 Å². The van der Waals surface area contributed by atoms with Crippen LogP contribution in [0.1, 0.15) is 20.3 Å². The van der Waals surface area contributed by atoms with Gasteiger partial charge in [-0.05, 0) is 19.6 Å². The number of aliphatic hydroxyl groups is 1. The van der Waals surface area contributed by atoms with E-state index in [9.17, 15) is 5.11 Å². The molecule has 0 spiro atoms. The van der Waals surface area contributed by atoms with Crippen LogP contribution in [0.25, 0.3) is 0 Å². The number of rotatable bonds is 8. The molecule has 1 rings (SSSR count). The first-order chi connectivity index (χ1) is 9.10. The van der Waals surface area contributed by atoms with Gasteiger partial charge in [0.2, 0.25) is 11.9 Å². The molecule has 1 aromatic rings. The second-order valence-electron chi connectivity index (χ2n) is 4.04. The zero-order valence-corrected chi connectivity index (χ0v) is 12.3. The molecule has 0 aromatic carbocycles. The van der Waals surface area contributed by atoms with Crippen LogP contribution in [0.4, 0.5) is 11.9 Å². The maximum absolute atomic E-state index is 9.24. The molecule has 108 valence electrons. The van der Waals surface area contributed by atoms with Gasteiger partial charge in [0, 0.05) is 11.3 Å². The van der Waals surface area contributed by atoms with Gasteiger partial charge in [0.15, 0.2) is 0 Å². The molecule has 0 bridgehead atoms. The Labute approximate surface area is 117 Å². The van der Waals surface area contributed by atoms with Crippen molar-refractivity contribution in [3.63, 3.8) is 0 Å². The minimum atomic E-state index is 0.000764. The fourth-order valence-electron chi connectivity index (χ4n) is 1.43. The highest BCUT2D eigenvalue weighted by Crippen LogP contribution is 2.15. The summed E-state index contributed by atoms with van der Waals surface area (Å²) in [5.41, 5.74) is 5.61. The Balaban J connectivity index is 2.74. The Morgan fingerprint density at radius 3 is 2.74 bits per heavy atom. The van der Waals surface area contributed by atoms with Crippen molar-refractivity contribution in [2.24, 2.45) is 0 Å². The molecule has 0 fully saturated rings. The van der Waals surface area contributed by atoms with Gasteiger partial charge >= 0.3 is 6.01 Å². The Bertz CT molecular complexity index is 389. The number of thioether (sulfide) groups is 1. The molecule has 0 aliphatic heterocycles. The molecular weight excluding hydrogens is 266 g/mol. The molecule has 4 N–H and O–H groups in total. The lowest BCUT2D eigenvalue weighted by atomic mass is 10.2. The summed E-state index contributed by atoms with van der Waals surface area (Å²) in [7, 11) is 0. The second-order valence-corrected chi connectivity index (χ2v) is 5.11. The molecule has 2 atom stereocenters. The Hall–Kier alpha value is -1.28. The number of anilines is 2. The zero-order chi connectivity index (χ0) is 14.3. The summed E-state index contributed by atoms with van der Waals surface area (Å²) in [5.74, 6) is 0.471. The summed E-state index contributed by atoms with van der Waals surface area (Å²) in [5, 5.41) is 12.4. The quantitative estimate of drug-likeness (QED) is 0.643. The van der Waals surface area contributed by atoms with Crippen LogP contribution in [0, 0.1) is 0 Å². The Morgan fingerprint density at radius 2 is 2.16 bits per heavy atom. The standard InChI is InChI=1S/C11H21N5O2S/c1-4-5-18-11-15-9(12)14-10(16-11)13-7(2)8(6-17)19-3/h7-8,17H,4-6H2,1-3H3,(H3,12,13,14,15,16). The molecule has 0 amide bonds. The van der Waals surface area contributed by atoms with E-state index in [0.717, 1.165) is 6.42 Å². The third-order valence-electron chi connectivity index (χ3n) is 2.46. The number of ether oxygens (including phenoxy) is 1. The number of aliphatic hydroxyl groups excluding tert-OH is 1. The van der Waals surface area contributed by atoms with Gasteiger partial charge in [0.1, 0.15) is 0 Å². The molecule has 2 unspecified atom stereocenters. The van der Waals surface area contributed by atoms with Crippen molar-refractivity contribution in [3.05, 3.63) is 0 Å².